The number of halogens is 4. The molecule has 0 aliphatic rings. The quantitative estimate of drug-likeness (QED) is 0.324. The number of nitrogens with one attached hydrogen (secondary N) is 1. The first kappa shape index (κ1) is 21.4. The van der Waals surface area contributed by atoms with E-state index in [4.69, 9.17) is 16.3 Å². The summed E-state index contributed by atoms with van der Waals surface area (Å²) in [6, 6.07) is 16.3. The molecule has 1 aromatic heterocycles. The normalized spacial score (nSPS) is 11.6. The van der Waals surface area contributed by atoms with Crippen LogP contribution in [0.2, 0.25) is 5.02 Å². The summed E-state index contributed by atoms with van der Waals surface area (Å²) in [6.45, 7) is 0. The van der Waals surface area contributed by atoms with E-state index in [0.717, 1.165) is 17.3 Å². The van der Waals surface area contributed by atoms with E-state index in [0.29, 0.717) is 27.8 Å². The molecule has 0 atom stereocenters. The first-order valence-corrected chi connectivity index (χ1v) is 10.3. The van der Waals surface area contributed by atoms with Crippen molar-refractivity contribution < 1.29 is 17.9 Å². The van der Waals surface area contributed by atoms with Crippen LogP contribution in [-0.2, 0) is 6.18 Å². The van der Waals surface area contributed by atoms with E-state index in [1.165, 1.54) is 18.0 Å². The van der Waals surface area contributed by atoms with Crippen molar-refractivity contribution in [2.45, 2.75) is 11.1 Å². The third-order valence-electron chi connectivity index (χ3n) is 4.42. The molecule has 9 heteroatoms. The highest BCUT2D eigenvalue weighted by molar-refractivity contribution is 7.97. The van der Waals surface area contributed by atoms with Crippen molar-refractivity contribution in [2.24, 2.45) is 0 Å². The molecule has 4 nitrogen and oxygen atoms in total. The molecule has 3 aromatic carbocycles. The van der Waals surface area contributed by atoms with Gasteiger partial charge in [-0.15, -0.1) is 0 Å². The van der Waals surface area contributed by atoms with E-state index >= 15 is 0 Å². The lowest BCUT2D eigenvalue weighted by atomic mass is 10.0. The Balaban J connectivity index is 1.78. The highest BCUT2D eigenvalue weighted by Gasteiger charge is 2.33. The topological polar surface area (TPSA) is 47.0 Å². The molecule has 0 spiro atoms. The van der Waals surface area contributed by atoms with Crippen LogP contribution in [0.4, 0.5) is 13.2 Å². The lowest BCUT2D eigenvalue weighted by molar-refractivity contribution is -0.136. The number of alkyl halides is 3. The third kappa shape index (κ3) is 4.61. The number of fused-ring (bicyclic) bond motifs is 1. The van der Waals surface area contributed by atoms with E-state index in [9.17, 15) is 13.2 Å². The SMILES string of the molecule is CNSc1cccc(Oc2ccc(Cl)c(-c3ncnc4c(C(F)(F)F)cccc34)c2)c1. The highest BCUT2D eigenvalue weighted by Crippen LogP contribution is 2.39. The Morgan fingerprint density at radius 1 is 0.968 bits per heavy atom. The highest BCUT2D eigenvalue weighted by atomic mass is 35.5. The van der Waals surface area contributed by atoms with Crippen LogP contribution in [0.15, 0.2) is 71.9 Å². The fraction of sp³-hybridized carbons (Fsp3) is 0.0909. The van der Waals surface area contributed by atoms with Gasteiger partial charge in [-0.2, -0.15) is 13.2 Å². The number of ether oxygens (including phenoxy) is 1. The van der Waals surface area contributed by atoms with E-state index in [1.54, 1.807) is 24.3 Å². The summed E-state index contributed by atoms with van der Waals surface area (Å²) in [5.41, 5.74) is -0.257. The van der Waals surface area contributed by atoms with Crippen LogP contribution >= 0.6 is 23.5 Å². The molecule has 0 bridgehead atoms. The molecule has 158 valence electrons. The van der Waals surface area contributed by atoms with Crippen LogP contribution in [0.1, 0.15) is 5.56 Å². The molecule has 0 aliphatic heterocycles. The number of para-hydroxylation sites is 1. The molecule has 0 aliphatic carbocycles. The molecule has 4 rings (SSSR count). The minimum atomic E-state index is -4.53. The Morgan fingerprint density at radius 3 is 2.52 bits per heavy atom. The van der Waals surface area contributed by atoms with E-state index < -0.39 is 11.7 Å². The smallest absolute Gasteiger partial charge is 0.418 e. The van der Waals surface area contributed by atoms with E-state index in [-0.39, 0.29) is 10.9 Å². The van der Waals surface area contributed by atoms with Gasteiger partial charge in [0.1, 0.15) is 17.8 Å². The van der Waals surface area contributed by atoms with Crippen LogP contribution < -0.4 is 9.46 Å². The molecule has 31 heavy (non-hydrogen) atoms. The summed E-state index contributed by atoms with van der Waals surface area (Å²) >= 11 is 7.83. The van der Waals surface area contributed by atoms with Gasteiger partial charge in [0, 0.05) is 15.8 Å². The molecule has 1 heterocycles. The average molecular weight is 462 g/mol. The maximum absolute atomic E-state index is 13.4. The summed E-state index contributed by atoms with van der Waals surface area (Å²) in [5.74, 6) is 1.09. The summed E-state index contributed by atoms with van der Waals surface area (Å²) in [6.07, 6.45) is -3.43. The van der Waals surface area contributed by atoms with Gasteiger partial charge in [0.2, 0.25) is 0 Å². The standard InChI is InChI=1S/C22H15ClF3N3OS/c1-27-31-15-5-2-4-13(10-15)30-14-8-9-19(23)17(11-14)20-16-6-3-7-18(22(24,25)26)21(16)29-12-28-20/h2-12,27H,1H3. The van der Waals surface area contributed by atoms with Gasteiger partial charge < -0.3 is 4.74 Å². The average Bonchev–Trinajstić information content (AvgIpc) is 2.74. The Bertz CT molecular complexity index is 1250. The van der Waals surface area contributed by atoms with Crippen LogP contribution in [0.5, 0.6) is 11.5 Å². The van der Waals surface area contributed by atoms with Crippen LogP contribution in [-0.4, -0.2) is 17.0 Å². The predicted molar refractivity (Wildman–Crippen MR) is 116 cm³/mol. The fourth-order valence-electron chi connectivity index (χ4n) is 3.14. The molecule has 0 fully saturated rings. The maximum atomic E-state index is 13.4. The van der Waals surface area contributed by atoms with E-state index in [1.807, 2.05) is 31.3 Å². The molecule has 1 N–H and O–H groups in total. The van der Waals surface area contributed by atoms with E-state index in [2.05, 4.69) is 14.7 Å². The number of hydrogen-bond donors (Lipinski definition) is 1. The van der Waals surface area contributed by atoms with Gasteiger partial charge in [-0.3, -0.25) is 4.72 Å². The largest absolute Gasteiger partial charge is 0.457 e. The minimum Gasteiger partial charge on any atom is -0.457 e. The summed E-state index contributed by atoms with van der Waals surface area (Å²) in [5, 5.41) is 0.591. The van der Waals surface area contributed by atoms with Crippen molar-refractivity contribution in [1.29, 1.82) is 0 Å². The second-order valence-electron chi connectivity index (χ2n) is 6.45. The first-order valence-electron chi connectivity index (χ1n) is 9.09. The van der Waals surface area contributed by atoms with Gasteiger partial charge in [-0.1, -0.05) is 29.8 Å². The number of benzene rings is 3. The monoisotopic (exact) mass is 461 g/mol. The second kappa shape index (κ2) is 8.74. The fourth-order valence-corrected chi connectivity index (χ4v) is 3.90. The predicted octanol–water partition coefficient (Wildman–Crippen LogP) is 6.99. The lowest BCUT2D eigenvalue weighted by Crippen LogP contribution is -2.07. The summed E-state index contributed by atoms with van der Waals surface area (Å²) in [4.78, 5) is 9.05. The molecule has 4 aromatic rings. The van der Waals surface area contributed by atoms with Crippen molar-refractivity contribution in [2.75, 3.05) is 7.05 Å². The Labute approximate surface area is 185 Å². The zero-order valence-electron chi connectivity index (χ0n) is 16.1. The van der Waals surface area contributed by atoms with Crippen LogP contribution in [0, 0.1) is 0 Å². The van der Waals surface area contributed by atoms with Crippen molar-refractivity contribution in [3.8, 4) is 22.8 Å². The molecular weight excluding hydrogens is 447 g/mol. The third-order valence-corrected chi connectivity index (χ3v) is 5.45. The molecular formula is C22H15ClF3N3OS. The van der Waals surface area contributed by atoms with Gasteiger partial charge in [0.05, 0.1) is 21.8 Å². The maximum Gasteiger partial charge on any atom is 0.418 e. The number of hydrogen-bond acceptors (Lipinski definition) is 5. The number of nitrogens with zero attached hydrogens (tertiary/aromatic N) is 2. The molecule has 0 unspecified atom stereocenters. The van der Waals surface area contributed by atoms with Crippen molar-refractivity contribution in [3.05, 3.63) is 77.6 Å². The van der Waals surface area contributed by atoms with Crippen molar-refractivity contribution >= 4 is 34.5 Å². The number of aromatic nitrogens is 2. The molecule has 0 saturated heterocycles. The van der Waals surface area contributed by atoms with Gasteiger partial charge in [-0.05, 0) is 61.5 Å². The molecule has 0 amide bonds. The Hall–Kier alpha value is -2.81. The Morgan fingerprint density at radius 2 is 1.74 bits per heavy atom. The zero-order chi connectivity index (χ0) is 22.0. The summed E-state index contributed by atoms with van der Waals surface area (Å²) in [7, 11) is 1.82. The Kier molecular flexibility index (Phi) is 6.04. The lowest BCUT2D eigenvalue weighted by Gasteiger charge is -2.13. The van der Waals surface area contributed by atoms with Gasteiger partial charge in [0.25, 0.3) is 0 Å². The number of rotatable bonds is 5. The van der Waals surface area contributed by atoms with Crippen molar-refractivity contribution in [3.63, 3.8) is 0 Å². The van der Waals surface area contributed by atoms with Gasteiger partial charge >= 0.3 is 6.18 Å². The minimum absolute atomic E-state index is 0.181. The van der Waals surface area contributed by atoms with Gasteiger partial charge in [-0.25, -0.2) is 9.97 Å². The summed E-state index contributed by atoms with van der Waals surface area (Å²) < 4.78 is 49.2. The van der Waals surface area contributed by atoms with Gasteiger partial charge in [0.15, 0.2) is 0 Å². The van der Waals surface area contributed by atoms with Crippen LogP contribution in [0.3, 0.4) is 0 Å². The first-order chi connectivity index (χ1) is 14.9. The molecule has 0 radical (unpaired) electrons. The van der Waals surface area contributed by atoms with Crippen molar-refractivity contribution in [1.82, 2.24) is 14.7 Å². The van der Waals surface area contributed by atoms with Crippen LogP contribution in [0.25, 0.3) is 22.2 Å². The molecule has 0 saturated carbocycles. The zero-order valence-corrected chi connectivity index (χ0v) is 17.6. The second-order valence-corrected chi connectivity index (χ2v) is 7.94.